The van der Waals surface area contributed by atoms with Crippen LogP contribution < -0.4 is 14.7 Å². The number of anilines is 2. The highest BCUT2D eigenvalue weighted by molar-refractivity contribution is 8.00. The molecule has 41 heavy (non-hydrogen) atoms. The summed E-state index contributed by atoms with van der Waals surface area (Å²) in [6, 6.07) is 17.1. The normalized spacial score (nSPS) is 22.0. The van der Waals surface area contributed by atoms with Crippen LogP contribution in [-0.2, 0) is 25.7 Å². The highest BCUT2D eigenvalue weighted by Gasteiger charge is 2.56. The number of hydrogen-bond donors (Lipinski definition) is 0. The van der Waals surface area contributed by atoms with Gasteiger partial charge in [0, 0.05) is 42.7 Å². The van der Waals surface area contributed by atoms with Crippen molar-refractivity contribution in [3.63, 3.8) is 0 Å². The smallest absolute Gasteiger partial charge is 0.308 e. The maximum Gasteiger partial charge on any atom is 0.308 e. The zero-order valence-electron chi connectivity index (χ0n) is 23.0. The monoisotopic (exact) mass is 592 g/mol. The van der Waals surface area contributed by atoms with Gasteiger partial charge in [0.15, 0.2) is 0 Å². The second-order valence-corrected chi connectivity index (χ2v) is 12.4. The Labute approximate surface area is 246 Å². The number of aromatic nitrogens is 1. The van der Waals surface area contributed by atoms with E-state index in [1.807, 2.05) is 30.3 Å². The fourth-order valence-electron chi connectivity index (χ4n) is 5.98. The summed E-state index contributed by atoms with van der Waals surface area (Å²) in [5.41, 5.74) is 2.49. The molecular weight excluding hydrogens is 560 g/mol. The molecule has 3 aromatic rings. The summed E-state index contributed by atoms with van der Waals surface area (Å²) < 4.78 is 6.87. The first-order chi connectivity index (χ1) is 19.9. The van der Waals surface area contributed by atoms with Gasteiger partial charge in [0.1, 0.15) is 11.8 Å². The minimum atomic E-state index is -0.707. The van der Waals surface area contributed by atoms with Gasteiger partial charge in [0.2, 0.25) is 17.7 Å². The largest absolute Gasteiger partial charge is 0.378 e. The minimum absolute atomic E-state index is 0.104. The molecule has 2 aromatic carbocycles. The summed E-state index contributed by atoms with van der Waals surface area (Å²) in [6.45, 7) is 7.75. The van der Waals surface area contributed by atoms with E-state index in [0.29, 0.717) is 37.0 Å². The Morgan fingerprint density at radius 1 is 0.951 bits per heavy atom. The van der Waals surface area contributed by atoms with E-state index in [1.54, 1.807) is 29.2 Å². The number of fused-ring (bicyclic) bond motifs is 2. The fraction of sp³-hybridized carbons (Fsp3) is 0.400. The van der Waals surface area contributed by atoms with Gasteiger partial charge in [-0.3, -0.25) is 23.7 Å². The SMILES string of the molecule is CCN(CC)c1ccc(C2c3sc(=O)n(CC(=O)N4CCOCC4)c3SC3C(=O)N(c4ccccc4)C(=O)C32)cc1. The van der Waals surface area contributed by atoms with E-state index >= 15 is 0 Å². The zero-order valence-corrected chi connectivity index (χ0v) is 24.7. The van der Waals surface area contributed by atoms with Crippen LogP contribution in [0.4, 0.5) is 11.4 Å². The number of benzene rings is 2. The Bertz CT molecular complexity index is 1510. The molecule has 0 spiro atoms. The molecule has 2 saturated heterocycles. The standard InChI is InChI=1S/C30H32N4O5S2/c1-3-31(4-2)20-12-10-19(11-13-20)23-24-25(28(37)34(27(24)36)21-8-6-5-7-9-21)40-29-26(23)41-30(38)33(29)18-22(35)32-14-16-39-17-15-32/h5-13,23-25H,3-4,14-18H2,1-2H3. The van der Waals surface area contributed by atoms with Crippen LogP contribution in [-0.4, -0.2) is 71.8 Å². The summed E-state index contributed by atoms with van der Waals surface area (Å²) >= 11 is 2.32. The molecule has 3 unspecified atom stereocenters. The zero-order chi connectivity index (χ0) is 28.7. The third-order valence-electron chi connectivity index (χ3n) is 8.10. The number of thiazole rings is 1. The van der Waals surface area contributed by atoms with Crippen molar-refractivity contribution in [2.24, 2.45) is 5.92 Å². The lowest BCUT2D eigenvalue weighted by Gasteiger charge is -2.31. The molecule has 0 radical (unpaired) electrons. The lowest BCUT2D eigenvalue weighted by atomic mass is 9.83. The van der Waals surface area contributed by atoms with Crippen molar-refractivity contribution >= 4 is 52.2 Å². The molecule has 6 rings (SSSR count). The fourth-order valence-corrected chi connectivity index (χ4v) is 8.75. The Morgan fingerprint density at radius 3 is 2.29 bits per heavy atom. The molecule has 11 heteroatoms. The molecule has 0 saturated carbocycles. The van der Waals surface area contributed by atoms with Gasteiger partial charge in [-0.2, -0.15) is 0 Å². The minimum Gasteiger partial charge on any atom is -0.378 e. The number of hydrogen-bond acceptors (Lipinski definition) is 8. The average molecular weight is 593 g/mol. The van der Waals surface area contributed by atoms with Gasteiger partial charge in [-0.25, -0.2) is 4.90 Å². The van der Waals surface area contributed by atoms with E-state index in [4.69, 9.17) is 4.74 Å². The maximum absolute atomic E-state index is 14.0. The molecule has 3 amide bonds. The number of morpholine rings is 1. The van der Waals surface area contributed by atoms with Crippen LogP contribution >= 0.6 is 23.1 Å². The predicted octanol–water partition coefficient (Wildman–Crippen LogP) is 3.41. The molecule has 2 fully saturated rings. The molecule has 4 heterocycles. The number of rotatable bonds is 7. The lowest BCUT2D eigenvalue weighted by Crippen LogP contribution is -2.43. The van der Waals surface area contributed by atoms with Crippen LogP contribution in [0.15, 0.2) is 64.4 Å². The molecule has 3 atom stereocenters. The topological polar surface area (TPSA) is 92.2 Å². The van der Waals surface area contributed by atoms with E-state index < -0.39 is 17.1 Å². The van der Waals surface area contributed by atoms with Gasteiger partial charge in [0.05, 0.1) is 29.8 Å². The average Bonchev–Trinajstić information content (AvgIpc) is 3.45. The van der Waals surface area contributed by atoms with Crippen LogP contribution in [0.3, 0.4) is 0 Å². The number of ether oxygens (including phenoxy) is 1. The van der Waals surface area contributed by atoms with E-state index in [0.717, 1.165) is 40.6 Å². The van der Waals surface area contributed by atoms with E-state index in [-0.39, 0.29) is 29.1 Å². The van der Waals surface area contributed by atoms with Crippen molar-refractivity contribution in [1.82, 2.24) is 9.47 Å². The van der Waals surface area contributed by atoms with Gasteiger partial charge in [0.25, 0.3) is 0 Å². The first-order valence-electron chi connectivity index (χ1n) is 14.0. The number of thioether (sulfide) groups is 1. The summed E-state index contributed by atoms with van der Waals surface area (Å²) in [6.07, 6.45) is 0. The molecule has 214 valence electrons. The summed E-state index contributed by atoms with van der Waals surface area (Å²) in [5.74, 6) is -1.86. The number of para-hydroxylation sites is 1. The first kappa shape index (κ1) is 27.7. The lowest BCUT2D eigenvalue weighted by molar-refractivity contribution is -0.136. The third kappa shape index (κ3) is 4.89. The van der Waals surface area contributed by atoms with Crippen LogP contribution in [0.5, 0.6) is 0 Å². The second-order valence-electron chi connectivity index (χ2n) is 10.3. The van der Waals surface area contributed by atoms with Crippen molar-refractivity contribution in [3.05, 3.63) is 74.7 Å². The van der Waals surface area contributed by atoms with E-state index in [2.05, 4.69) is 18.7 Å². The Morgan fingerprint density at radius 2 is 1.63 bits per heavy atom. The van der Waals surface area contributed by atoms with Gasteiger partial charge in [-0.15, -0.1) is 0 Å². The van der Waals surface area contributed by atoms with Crippen LogP contribution in [0, 0.1) is 5.92 Å². The highest BCUT2D eigenvalue weighted by Crippen LogP contribution is 2.54. The maximum atomic E-state index is 14.0. The van der Waals surface area contributed by atoms with E-state index in [9.17, 15) is 19.2 Å². The highest BCUT2D eigenvalue weighted by atomic mass is 32.2. The van der Waals surface area contributed by atoms with Crippen LogP contribution in [0.25, 0.3) is 0 Å². The van der Waals surface area contributed by atoms with Gasteiger partial charge in [-0.1, -0.05) is 53.4 Å². The number of imide groups is 1. The molecule has 3 aliphatic rings. The molecule has 0 aliphatic carbocycles. The second kappa shape index (κ2) is 11.5. The summed E-state index contributed by atoms with van der Waals surface area (Å²) in [7, 11) is 0. The van der Waals surface area contributed by atoms with Gasteiger partial charge < -0.3 is 14.5 Å². The Kier molecular flexibility index (Phi) is 7.76. The summed E-state index contributed by atoms with van der Waals surface area (Å²) in [5, 5.41) is -0.0989. The van der Waals surface area contributed by atoms with Crippen molar-refractivity contribution < 1.29 is 19.1 Å². The van der Waals surface area contributed by atoms with Crippen LogP contribution in [0.1, 0.15) is 30.2 Å². The van der Waals surface area contributed by atoms with Crippen molar-refractivity contribution in [3.8, 4) is 0 Å². The van der Waals surface area contributed by atoms with Gasteiger partial charge in [-0.05, 0) is 43.7 Å². The Balaban J connectivity index is 1.43. The molecule has 0 N–H and O–H groups in total. The van der Waals surface area contributed by atoms with E-state index in [1.165, 1.54) is 21.2 Å². The van der Waals surface area contributed by atoms with Crippen molar-refractivity contribution in [1.29, 1.82) is 0 Å². The first-order valence-corrected chi connectivity index (χ1v) is 15.7. The molecule has 1 aromatic heterocycles. The van der Waals surface area contributed by atoms with Crippen molar-refractivity contribution in [2.75, 3.05) is 49.2 Å². The number of amides is 3. The molecule has 0 bridgehead atoms. The third-order valence-corrected chi connectivity index (χ3v) is 10.7. The molecule has 9 nitrogen and oxygen atoms in total. The number of carbonyl (C=O) groups is 3. The predicted molar refractivity (Wildman–Crippen MR) is 160 cm³/mol. The van der Waals surface area contributed by atoms with Crippen molar-refractivity contribution in [2.45, 2.75) is 36.6 Å². The van der Waals surface area contributed by atoms with Gasteiger partial charge >= 0.3 is 4.87 Å². The Hall–Kier alpha value is -3.41. The molecular formula is C30H32N4O5S2. The number of nitrogens with zero attached hydrogens (tertiary/aromatic N) is 4. The van der Waals surface area contributed by atoms with Crippen LogP contribution in [0.2, 0.25) is 0 Å². The quantitative estimate of drug-likeness (QED) is 0.389. The molecule has 3 aliphatic heterocycles. The number of carbonyl (C=O) groups excluding carboxylic acids is 3. The summed E-state index contributed by atoms with van der Waals surface area (Å²) in [4.78, 5) is 60.1.